The number of rotatable bonds is 3. The Morgan fingerprint density at radius 1 is 1.41 bits per heavy atom. The van der Waals surface area contributed by atoms with Gasteiger partial charge in [0.1, 0.15) is 5.76 Å². The Labute approximate surface area is 103 Å². The summed E-state index contributed by atoms with van der Waals surface area (Å²) < 4.78 is 5.63. The monoisotopic (exact) mass is 238 g/mol. The first kappa shape index (κ1) is 12.5. The molecule has 0 saturated carbocycles. The standard InChI is InChI=1S/C12H22N4O/c1-9-10(2)17-12(14-9)8-16-5-4-15(3)7-11(16)6-13/h11H,4-8,13H2,1-3H3. The van der Waals surface area contributed by atoms with Crippen LogP contribution in [-0.2, 0) is 6.54 Å². The summed E-state index contributed by atoms with van der Waals surface area (Å²) >= 11 is 0. The maximum Gasteiger partial charge on any atom is 0.208 e. The molecule has 1 atom stereocenters. The molecule has 1 aliphatic rings. The number of oxazole rings is 1. The summed E-state index contributed by atoms with van der Waals surface area (Å²) in [5.74, 6) is 1.72. The Morgan fingerprint density at radius 2 is 2.18 bits per heavy atom. The predicted molar refractivity (Wildman–Crippen MR) is 66.7 cm³/mol. The van der Waals surface area contributed by atoms with Gasteiger partial charge in [-0.1, -0.05) is 0 Å². The fourth-order valence-electron chi connectivity index (χ4n) is 2.26. The Bertz CT molecular complexity index is 357. The van der Waals surface area contributed by atoms with Crippen LogP contribution in [0.3, 0.4) is 0 Å². The fraction of sp³-hybridized carbons (Fsp3) is 0.750. The largest absolute Gasteiger partial charge is 0.444 e. The van der Waals surface area contributed by atoms with Crippen LogP contribution in [0.25, 0.3) is 0 Å². The zero-order valence-electron chi connectivity index (χ0n) is 10.9. The van der Waals surface area contributed by atoms with E-state index in [9.17, 15) is 0 Å². The summed E-state index contributed by atoms with van der Waals surface area (Å²) in [5.41, 5.74) is 6.81. The van der Waals surface area contributed by atoms with Crippen LogP contribution in [0.5, 0.6) is 0 Å². The summed E-state index contributed by atoms with van der Waals surface area (Å²) in [6.07, 6.45) is 0. The highest BCUT2D eigenvalue weighted by molar-refractivity contribution is 5.05. The Kier molecular flexibility index (Phi) is 3.81. The van der Waals surface area contributed by atoms with Crippen LogP contribution in [0.15, 0.2) is 4.42 Å². The van der Waals surface area contributed by atoms with E-state index in [-0.39, 0.29) is 0 Å². The fourth-order valence-corrected chi connectivity index (χ4v) is 2.26. The number of hydrogen-bond donors (Lipinski definition) is 1. The molecule has 0 aliphatic carbocycles. The molecule has 0 amide bonds. The van der Waals surface area contributed by atoms with Gasteiger partial charge in [0, 0.05) is 32.2 Å². The molecule has 96 valence electrons. The van der Waals surface area contributed by atoms with Crippen molar-refractivity contribution >= 4 is 0 Å². The van der Waals surface area contributed by atoms with Gasteiger partial charge in [0.15, 0.2) is 0 Å². The third-order valence-corrected chi connectivity index (χ3v) is 3.49. The summed E-state index contributed by atoms with van der Waals surface area (Å²) in [6, 6.07) is 0.404. The van der Waals surface area contributed by atoms with E-state index in [0.29, 0.717) is 12.6 Å². The Morgan fingerprint density at radius 3 is 2.76 bits per heavy atom. The molecule has 1 aromatic rings. The van der Waals surface area contributed by atoms with E-state index in [4.69, 9.17) is 10.2 Å². The van der Waals surface area contributed by atoms with Crippen LogP contribution in [0.4, 0.5) is 0 Å². The zero-order valence-corrected chi connectivity index (χ0v) is 10.9. The maximum absolute atomic E-state index is 5.83. The second-order valence-electron chi connectivity index (χ2n) is 4.87. The van der Waals surface area contributed by atoms with Gasteiger partial charge in [-0.3, -0.25) is 4.90 Å². The van der Waals surface area contributed by atoms with Crippen molar-refractivity contribution in [3.63, 3.8) is 0 Å². The van der Waals surface area contributed by atoms with Crippen molar-refractivity contribution < 1.29 is 4.42 Å². The third-order valence-electron chi connectivity index (χ3n) is 3.49. The van der Waals surface area contributed by atoms with E-state index in [0.717, 1.165) is 43.5 Å². The number of aryl methyl sites for hydroxylation is 2. The van der Waals surface area contributed by atoms with Crippen molar-refractivity contribution in [2.45, 2.75) is 26.4 Å². The normalized spacial score (nSPS) is 23.2. The van der Waals surface area contributed by atoms with Gasteiger partial charge in [0.25, 0.3) is 0 Å². The summed E-state index contributed by atoms with van der Waals surface area (Å²) in [7, 11) is 2.14. The van der Waals surface area contributed by atoms with E-state index < -0.39 is 0 Å². The summed E-state index contributed by atoms with van der Waals surface area (Å²) in [5, 5.41) is 0. The highest BCUT2D eigenvalue weighted by Gasteiger charge is 2.25. The van der Waals surface area contributed by atoms with Gasteiger partial charge in [0.2, 0.25) is 5.89 Å². The SMILES string of the molecule is Cc1nc(CN2CCN(C)CC2CN)oc1C. The minimum Gasteiger partial charge on any atom is -0.444 e. The smallest absolute Gasteiger partial charge is 0.208 e. The van der Waals surface area contributed by atoms with E-state index in [2.05, 4.69) is 21.8 Å². The predicted octanol–water partition coefficient (Wildman–Crippen LogP) is 0.366. The molecule has 2 heterocycles. The van der Waals surface area contributed by atoms with Gasteiger partial charge in [-0.15, -0.1) is 0 Å². The van der Waals surface area contributed by atoms with Gasteiger partial charge in [-0.25, -0.2) is 4.98 Å². The van der Waals surface area contributed by atoms with Crippen LogP contribution < -0.4 is 5.73 Å². The number of nitrogens with zero attached hydrogens (tertiary/aromatic N) is 3. The van der Waals surface area contributed by atoms with Gasteiger partial charge in [-0.05, 0) is 20.9 Å². The topological polar surface area (TPSA) is 58.5 Å². The first-order chi connectivity index (χ1) is 8.10. The lowest BCUT2D eigenvalue weighted by Gasteiger charge is -2.38. The number of piperazine rings is 1. The molecular formula is C12H22N4O. The number of hydrogen-bond acceptors (Lipinski definition) is 5. The van der Waals surface area contributed by atoms with Crippen molar-refractivity contribution in [2.24, 2.45) is 5.73 Å². The lowest BCUT2D eigenvalue weighted by Crippen LogP contribution is -2.54. The van der Waals surface area contributed by atoms with Gasteiger partial charge in [-0.2, -0.15) is 0 Å². The van der Waals surface area contributed by atoms with Crippen LogP contribution in [-0.4, -0.2) is 54.1 Å². The van der Waals surface area contributed by atoms with Crippen molar-refractivity contribution in [1.29, 1.82) is 0 Å². The molecule has 2 N–H and O–H groups in total. The molecule has 1 aliphatic heterocycles. The summed E-state index contributed by atoms with van der Waals surface area (Å²) in [6.45, 7) is 8.51. The second-order valence-corrected chi connectivity index (χ2v) is 4.87. The molecule has 5 heteroatoms. The molecule has 0 aromatic carbocycles. The van der Waals surface area contributed by atoms with Crippen LogP contribution in [0.2, 0.25) is 0 Å². The molecule has 0 bridgehead atoms. The van der Waals surface area contributed by atoms with Crippen LogP contribution >= 0.6 is 0 Å². The molecule has 1 fully saturated rings. The number of likely N-dealkylation sites (N-methyl/N-ethyl adjacent to an activating group) is 1. The Hall–Kier alpha value is -0.910. The van der Waals surface area contributed by atoms with Crippen LogP contribution in [0.1, 0.15) is 17.3 Å². The van der Waals surface area contributed by atoms with Gasteiger partial charge >= 0.3 is 0 Å². The minimum absolute atomic E-state index is 0.404. The third kappa shape index (κ3) is 2.86. The van der Waals surface area contributed by atoms with E-state index in [1.807, 2.05) is 13.8 Å². The van der Waals surface area contributed by atoms with Gasteiger partial charge in [0.05, 0.1) is 12.2 Å². The molecule has 2 rings (SSSR count). The van der Waals surface area contributed by atoms with Crippen molar-refractivity contribution in [1.82, 2.24) is 14.8 Å². The molecule has 5 nitrogen and oxygen atoms in total. The molecular weight excluding hydrogens is 216 g/mol. The minimum atomic E-state index is 0.404. The highest BCUT2D eigenvalue weighted by Crippen LogP contribution is 2.14. The van der Waals surface area contributed by atoms with Crippen molar-refractivity contribution in [2.75, 3.05) is 33.2 Å². The van der Waals surface area contributed by atoms with E-state index in [1.54, 1.807) is 0 Å². The highest BCUT2D eigenvalue weighted by atomic mass is 16.4. The summed E-state index contributed by atoms with van der Waals surface area (Å²) in [4.78, 5) is 9.11. The van der Waals surface area contributed by atoms with Crippen molar-refractivity contribution in [3.05, 3.63) is 17.3 Å². The van der Waals surface area contributed by atoms with E-state index >= 15 is 0 Å². The lowest BCUT2D eigenvalue weighted by molar-refractivity contribution is 0.0802. The molecule has 1 saturated heterocycles. The van der Waals surface area contributed by atoms with Crippen molar-refractivity contribution in [3.8, 4) is 0 Å². The molecule has 0 spiro atoms. The molecule has 1 aromatic heterocycles. The number of aromatic nitrogens is 1. The van der Waals surface area contributed by atoms with E-state index in [1.165, 1.54) is 0 Å². The molecule has 0 radical (unpaired) electrons. The average molecular weight is 238 g/mol. The zero-order chi connectivity index (χ0) is 12.4. The Balaban J connectivity index is 2.02. The van der Waals surface area contributed by atoms with Gasteiger partial charge < -0.3 is 15.1 Å². The molecule has 17 heavy (non-hydrogen) atoms. The molecule has 1 unspecified atom stereocenters. The average Bonchev–Trinajstić information content (AvgIpc) is 2.60. The second kappa shape index (κ2) is 5.16. The first-order valence-electron chi connectivity index (χ1n) is 6.15. The maximum atomic E-state index is 5.83. The number of nitrogens with two attached hydrogens (primary N) is 1. The van der Waals surface area contributed by atoms with Crippen LogP contribution in [0, 0.1) is 13.8 Å². The first-order valence-corrected chi connectivity index (χ1v) is 6.15. The lowest BCUT2D eigenvalue weighted by atomic mass is 10.2. The quantitative estimate of drug-likeness (QED) is 0.824.